The summed E-state index contributed by atoms with van der Waals surface area (Å²) in [4.78, 5) is 10.9. The number of rotatable bonds is 5. The summed E-state index contributed by atoms with van der Waals surface area (Å²) < 4.78 is 5.43. The number of aromatic nitrogens is 2. The molecular weight excluding hydrogens is 266 g/mol. The van der Waals surface area contributed by atoms with Gasteiger partial charge in [-0.05, 0) is 25.7 Å². The van der Waals surface area contributed by atoms with Crippen molar-refractivity contribution in [2.75, 3.05) is 31.7 Å². The lowest BCUT2D eigenvalue weighted by atomic mass is 9.98. The molecule has 1 atom stereocenters. The summed E-state index contributed by atoms with van der Waals surface area (Å²) in [7, 11) is 2.04. The summed E-state index contributed by atoms with van der Waals surface area (Å²) in [6, 6.07) is 2.07. The van der Waals surface area contributed by atoms with Gasteiger partial charge in [0.05, 0.1) is 17.9 Å². The van der Waals surface area contributed by atoms with E-state index >= 15 is 0 Å². The van der Waals surface area contributed by atoms with Gasteiger partial charge in [0.2, 0.25) is 0 Å². The summed E-state index contributed by atoms with van der Waals surface area (Å²) in [5.74, 6) is 1.34. The molecule has 1 aliphatic carbocycles. The maximum Gasteiger partial charge on any atom is 0.131 e. The standard InChI is InChI=1S/C16H25N3O2/c1-19(8-7-16(20)5-2-3-6-16)15-10-14(17-12-18-15)13-4-9-21-11-13/h10,12-13,20H,2-9,11H2,1H3/t13-/m0/s1. The molecule has 0 amide bonds. The molecule has 1 saturated heterocycles. The monoisotopic (exact) mass is 291 g/mol. The quantitative estimate of drug-likeness (QED) is 0.900. The van der Waals surface area contributed by atoms with E-state index in [1.165, 1.54) is 0 Å². The van der Waals surface area contributed by atoms with Crippen LogP contribution in [0.2, 0.25) is 0 Å². The first-order valence-electron chi connectivity index (χ1n) is 7.99. The molecular formula is C16H25N3O2. The van der Waals surface area contributed by atoms with E-state index in [0.717, 1.165) is 69.8 Å². The normalized spacial score (nSPS) is 24.4. The van der Waals surface area contributed by atoms with E-state index in [9.17, 15) is 5.11 Å². The minimum atomic E-state index is -0.455. The molecule has 2 aliphatic rings. The van der Waals surface area contributed by atoms with Crippen LogP contribution in [0.3, 0.4) is 0 Å². The highest BCUT2D eigenvalue weighted by Gasteiger charge is 2.31. The van der Waals surface area contributed by atoms with E-state index in [-0.39, 0.29) is 0 Å². The molecule has 5 nitrogen and oxygen atoms in total. The van der Waals surface area contributed by atoms with Crippen molar-refractivity contribution in [3.05, 3.63) is 18.1 Å². The van der Waals surface area contributed by atoms with Gasteiger partial charge in [-0.3, -0.25) is 0 Å². The van der Waals surface area contributed by atoms with Gasteiger partial charge >= 0.3 is 0 Å². The summed E-state index contributed by atoms with van der Waals surface area (Å²) in [5, 5.41) is 10.4. The van der Waals surface area contributed by atoms with Crippen LogP contribution < -0.4 is 4.90 Å². The van der Waals surface area contributed by atoms with E-state index in [1.807, 2.05) is 7.05 Å². The molecule has 1 N–H and O–H groups in total. The van der Waals surface area contributed by atoms with Crippen LogP contribution in [0.25, 0.3) is 0 Å². The van der Waals surface area contributed by atoms with Gasteiger partial charge in [-0.1, -0.05) is 12.8 Å². The molecule has 21 heavy (non-hydrogen) atoms. The van der Waals surface area contributed by atoms with Crippen molar-refractivity contribution in [1.82, 2.24) is 9.97 Å². The molecule has 3 rings (SSSR count). The number of anilines is 1. The Hall–Kier alpha value is -1.20. The first-order valence-corrected chi connectivity index (χ1v) is 7.99. The van der Waals surface area contributed by atoms with Crippen LogP contribution in [0, 0.1) is 0 Å². The number of hydrogen-bond acceptors (Lipinski definition) is 5. The van der Waals surface area contributed by atoms with E-state index in [4.69, 9.17) is 4.74 Å². The lowest BCUT2D eigenvalue weighted by Gasteiger charge is -2.26. The predicted molar refractivity (Wildman–Crippen MR) is 81.5 cm³/mol. The van der Waals surface area contributed by atoms with E-state index in [2.05, 4.69) is 20.9 Å². The molecule has 0 unspecified atom stereocenters. The molecule has 1 saturated carbocycles. The fraction of sp³-hybridized carbons (Fsp3) is 0.750. The predicted octanol–water partition coefficient (Wildman–Crippen LogP) is 2.11. The maximum absolute atomic E-state index is 10.4. The molecule has 116 valence electrons. The van der Waals surface area contributed by atoms with Crippen molar-refractivity contribution < 1.29 is 9.84 Å². The van der Waals surface area contributed by atoms with Crippen LogP contribution in [0.5, 0.6) is 0 Å². The van der Waals surface area contributed by atoms with Crippen LogP contribution in [0.15, 0.2) is 12.4 Å². The van der Waals surface area contributed by atoms with E-state index in [0.29, 0.717) is 5.92 Å². The Balaban J connectivity index is 1.61. The third kappa shape index (κ3) is 3.52. The van der Waals surface area contributed by atoms with Gasteiger partial charge in [-0.25, -0.2) is 9.97 Å². The molecule has 2 heterocycles. The molecule has 2 fully saturated rings. The van der Waals surface area contributed by atoms with Crippen LogP contribution in [-0.4, -0.2) is 47.5 Å². The highest BCUT2D eigenvalue weighted by molar-refractivity contribution is 5.38. The van der Waals surface area contributed by atoms with E-state index < -0.39 is 5.60 Å². The Kier molecular flexibility index (Phi) is 4.40. The summed E-state index contributed by atoms with van der Waals surface area (Å²) in [6.45, 7) is 2.42. The second-order valence-corrected chi connectivity index (χ2v) is 6.46. The van der Waals surface area contributed by atoms with Crippen LogP contribution >= 0.6 is 0 Å². The zero-order chi connectivity index (χ0) is 14.7. The summed E-state index contributed by atoms with van der Waals surface area (Å²) in [6.07, 6.45) is 7.68. The zero-order valence-corrected chi connectivity index (χ0v) is 12.8. The largest absolute Gasteiger partial charge is 0.390 e. The average Bonchev–Trinajstić information content (AvgIpc) is 3.17. The van der Waals surface area contributed by atoms with Gasteiger partial charge in [-0.2, -0.15) is 0 Å². The second kappa shape index (κ2) is 6.28. The second-order valence-electron chi connectivity index (χ2n) is 6.46. The van der Waals surface area contributed by atoms with Crippen LogP contribution in [0.1, 0.15) is 50.1 Å². The minimum Gasteiger partial charge on any atom is -0.390 e. The first kappa shape index (κ1) is 14.7. The topological polar surface area (TPSA) is 58.5 Å². The highest BCUT2D eigenvalue weighted by Crippen LogP contribution is 2.32. The number of nitrogens with zero attached hydrogens (tertiary/aromatic N) is 3. The highest BCUT2D eigenvalue weighted by atomic mass is 16.5. The zero-order valence-electron chi connectivity index (χ0n) is 12.8. The Morgan fingerprint density at radius 3 is 2.90 bits per heavy atom. The van der Waals surface area contributed by atoms with Crippen molar-refractivity contribution in [3.8, 4) is 0 Å². The lowest BCUT2D eigenvalue weighted by Crippen LogP contribution is -2.31. The molecule has 0 aromatic carbocycles. The molecule has 1 aliphatic heterocycles. The molecule has 0 spiro atoms. The number of aliphatic hydroxyl groups is 1. The van der Waals surface area contributed by atoms with Crippen LogP contribution in [-0.2, 0) is 4.74 Å². The first-order chi connectivity index (χ1) is 10.2. The Labute approximate surface area is 126 Å². The van der Waals surface area contributed by atoms with Crippen molar-refractivity contribution in [2.45, 2.75) is 50.0 Å². The maximum atomic E-state index is 10.4. The molecule has 5 heteroatoms. The third-order valence-corrected chi connectivity index (χ3v) is 4.86. The van der Waals surface area contributed by atoms with Gasteiger partial charge in [0.1, 0.15) is 12.1 Å². The third-order valence-electron chi connectivity index (χ3n) is 4.86. The van der Waals surface area contributed by atoms with Gasteiger partial charge < -0.3 is 14.7 Å². The molecule has 1 aromatic rings. The van der Waals surface area contributed by atoms with E-state index in [1.54, 1.807) is 6.33 Å². The van der Waals surface area contributed by atoms with Crippen molar-refractivity contribution in [3.63, 3.8) is 0 Å². The Morgan fingerprint density at radius 2 is 2.19 bits per heavy atom. The average molecular weight is 291 g/mol. The lowest BCUT2D eigenvalue weighted by molar-refractivity contribution is 0.0410. The molecule has 0 radical (unpaired) electrons. The smallest absolute Gasteiger partial charge is 0.131 e. The fourth-order valence-corrected chi connectivity index (χ4v) is 3.33. The Bertz CT molecular complexity index is 468. The Morgan fingerprint density at radius 1 is 1.38 bits per heavy atom. The van der Waals surface area contributed by atoms with Gasteiger partial charge in [0.15, 0.2) is 0 Å². The van der Waals surface area contributed by atoms with Gasteiger partial charge in [-0.15, -0.1) is 0 Å². The summed E-state index contributed by atoms with van der Waals surface area (Å²) >= 11 is 0. The van der Waals surface area contributed by atoms with Gasteiger partial charge in [0, 0.05) is 32.2 Å². The number of hydrogen-bond donors (Lipinski definition) is 1. The fourth-order valence-electron chi connectivity index (χ4n) is 3.33. The van der Waals surface area contributed by atoms with Crippen molar-refractivity contribution in [1.29, 1.82) is 0 Å². The number of ether oxygens (including phenoxy) is 1. The molecule has 1 aromatic heterocycles. The SMILES string of the molecule is CN(CCC1(O)CCCC1)c1cc([C@H]2CCOC2)ncn1. The molecule has 0 bridgehead atoms. The van der Waals surface area contributed by atoms with Crippen LogP contribution in [0.4, 0.5) is 5.82 Å². The minimum absolute atomic E-state index is 0.402. The van der Waals surface area contributed by atoms with Crippen molar-refractivity contribution >= 4 is 5.82 Å². The van der Waals surface area contributed by atoms with Crippen molar-refractivity contribution in [2.24, 2.45) is 0 Å². The van der Waals surface area contributed by atoms with Gasteiger partial charge in [0.25, 0.3) is 0 Å². The summed E-state index contributed by atoms with van der Waals surface area (Å²) in [5.41, 5.74) is 0.618.